The second kappa shape index (κ2) is 6.36. The maximum Gasteiger partial charge on any atom is 0.410 e. The third kappa shape index (κ3) is 5.54. The van der Waals surface area contributed by atoms with Crippen molar-refractivity contribution < 1.29 is 9.53 Å². The normalized spacial score (nSPS) is 11.0. The Kier molecular flexibility index (Phi) is 5.09. The Morgan fingerprint density at radius 3 is 2.32 bits per heavy atom. The Bertz CT molecular complexity index is 403. The molecule has 106 valence electrons. The van der Waals surface area contributed by atoms with Gasteiger partial charge in [0.1, 0.15) is 5.60 Å². The molecule has 0 fully saturated rings. The number of hydrogen-bond donors (Lipinski definition) is 0. The Hall–Kier alpha value is -1.85. The van der Waals surface area contributed by atoms with Crippen molar-refractivity contribution in [1.29, 1.82) is 0 Å². The summed E-state index contributed by atoms with van der Waals surface area (Å²) in [5.74, 6) is 0.639. The second-order valence-electron chi connectivity index (χ2n) is 5.37. The molecule has 0 N–H and O–H groups in total. The average molecular weight is 266 g/mol. The number of likely N-dealkylation sites (N-methyl/N-ethyl adjacent to an activating group) is 2. The monoisotopic (exact) mass is 266 g/mol. The fraction of sp³-hybridized carbons (Fsp3) is 0.615. The van der Waals surface area contributed by atoms with E-state index in [4.69, 9.17) is 4.74 Å². The van der Waals surface area contributed by atoms with Crippen LogP contribution in [0, 0.1) is 0 Å². The lowest BCUT2D eigenvalue weighted by Gasteiger charge is -2.26. The van der Waals surface area contributed by atoms with Crippen molar-refractivity contribution in [2.24, 2.45) is 0 Å². The van der Waals surface area contributed by atoms with E-state index in [1.54, 1.807) is 30.4 Å². The highest BCUT2D eigenvalue weighted by atomic mass is 16.6. The van der Waals surface area contributed by atoms with Gasteiger partial charge in [0.25, 0.3) is 0 Å². The van der Waals surface area contributed by atoms with Crippen LogP contribution in [0.3, 0.4) is 0 Å². The van der Waals surface area contributed by atoms with Crippen molar-refractivity contribution in [3.63, 3.8) is 0 Å². The van der Waals surface area contributed by atoms with Gasteiger partial charge in [0.15, 0.2) is 0 Å². The molecular formula is C13H22N4O2. The molecule has 1 amide bonds. The number of ether oxygens (including phenoxy) is 1. The molecule has 0 saturated carbocycles. The van der Waals surface area contributed by atoms with Crippen molar-refractivity contribution in [2.45, 2.75) is 26.4 Å². The van der Waals surface area contributed by atoms with E-state index in [9.17, 15) is 4.79 Å². The predicted molar refractivity (Wildman–Crippen MR) is 74.2 cm³/mol. The Balaban J connectivity index is 2.42. The fourth-order valence-corrected chi connectivity index (χ4v) is 1.32. The number of carbonyl (C=O) groups is 1. The minimum Gasteiger partial charge on any atom is -0.444 e. The third-order valence-electron chi connectivity index (χ3n) is 2.37. The quantitative estimate of drug-likeness (QED) is 0.831. The van der Waals surface area contributed by atoms with Gasteiger partial charge < -0.3 is 14.5 Å². The lowest BCUT2D eigenvalue weighted by Crippen LogP contribution is -2.38. The van der Waals surface area contributed by atoms with Crippen molar-refractivity contribution in [3.05, 3.63) is 18.5 Å². The molecule has 0 unspecified atom stereocenters. The van der Waals surface area contributed by atoms with E-state index in [0.717, 1.165) is 0 Å². The van der Waals surface area contributed by atoms with E-state index in [1.165, 1.54) is 0 Å². The highest BCUT2D eigenvalue weighted by Gasteiger charge is 2.19. The molecular weight excluding hydrogens is 244 g/mol. The van der Waals surface area contributed by atoms with E-state index in [0.29, 0.717) is 19.0 Å². The largest absolute Gasteiger partial charge is 0.444 e. The Morgan fingerprint density at radius 1 is 1.21 bits per heavy atom. The van der Waals surface area contributed by atoms with Crippen molar-refractivity contribution in [1.82, 2.24) is 14.9 Å². The number of hydrogen-bond acceptors (Lipinski definition) is 5. The Morgan fingerprint density at radius 2 is 1.79 bits per heavy atom. The van der Waals surface area contributed by atoms with Crippen LogP contribution in [0.15, 0.2) is 18.5 Å². The molecule has 0 aliphatic carbocycles. The highest BCUT2D eigenvalue weighted by molar-refractivity contribution is 5.67. The van der Waals surface area contributed by atoms with Crippen LogP contribution in [0.2, 0.25) is 0 Å². The molecule has 0 aliphatic rings. The molecule has 0 bridgehead atoms. The summed E-state index contributed by atoms with van der Waals surface area (Å²) < 4.78 is 5.27. The van der Waals surface area contributed by atoms with Gasteiger partial charge >= 0.3 is 6.09 Å². The van der Waals surface area contributed by atoms with Crippen LogP contribution in [0.5, 0.6) is 0 Å². The molecule has 1 aromatic rings. The van der Waals surface area contributed by atoms with Gasteiger partial charge in [-0.15, -0.1) is 0 Å². The summed E-state index contributed by atoms with van der Waals surface area (Å²) in [5, 5.41) is 0. The van der Waals surface area contributed by atoms with Gasteiger partial charge in [-0.2, -0.15) is 0 Å². The van der Waals surface area contributed by atoms with Crippen LogP contribution in [0.4, 0.5) is 10.7 Å². The standard InChI is InChI=1S/C13H22N4O2/c1-13(2,3)19-12(18)17(5)10-9-16(4)11-14-7-6-8-15-11/h6-8H,9-10H2,1-5H3. The third-order valence-corrected chi connectivity index (χ3v) is 2.37. The molecule has 6 heteroatoms. The molecule has 1 rings (SSSR count). The molecule has 0 spiro atoms. The van der Waals surface area contributed by atoms with E-state index in [1.807, 2.05) is 32.7 Å². The van der Waals surface area contributed by atoms with Crippen molar-refractivity contribution in [3.8, 4) is 0 Å². The summed E-state index contributed by atoms with van der Waals surface area (Å²) in [5.41, 5.74) is -0.472. The van der Waals surface area contributed by atoms with Crippen LogP contribution in [-0.4, -0.2) is 53.7 Å². The zero-order valence-corrected chi connectivity index (χ0v) is 12.3. The van der Waals surface area contributed by atoms with Crippen molar-refractivity contribution in [2.75, 3.05) is 32.1 Å². The Labute approximate surface area is 114 Å². The molecule has 0 atom stereocenters. The zero-order chi connectivity index (χ0) is 14.5. The first-order valence-electron chi connectivity index (χ1n) is 6.22. The SMILES string of the molecule is CN(CCN(C)c1ncccn1)C(=O)OC(C)(C)C. The van der Waals surface area contributed by atoms with Crippen molar-refractivity contribution >= 4 is 12.0 Å². The summed E-state index contributed by atoms with van der Waals surface area (Å²) in [6.07, 6.45) is 3.06. The first-order chi connectivity index (χ1) is 8.79. The lowest BCUT2D eigenvalue weighted by molar-refractivity contribution is 0.0303. The maximum atomic E-state index is 11.8. The van der Waals surface area contributed by atoms with E-state index >= 15 is 0 Å². The van der Waals surface area contributed by atoms with Gasteiger partial charge in [0, 0.05) is 39.6 Å². The van der Waals surface area contributed by atoms with Crippen LogP contribution in [0.1, 0.15) is 20.8 Å². The van der Waals surface area contributed by atoms with Gasteiger partial charge in [0.2, 0.25) is 5.95 Å². The number of aromatic nitrogens is 2. The molecule has 0 saturated heterocycles. The van der Waals surface area contributed by atoms with Gasteiger partial charge in [-0.1, -0.05) is 0 Å². The summed E-state index contributed by atoms with van der Waals surface area (Å²) in [6, 6.07) is 1.77. The highest BCUT2D eigenvalue weighted by Crippen LogP contribution is 2.09. The second-order valence-corrected chi connectivity index (χ2v) is 5.37. The van der Waals surface area contributed by atoms with E-state index in [2.05, 4.69) is 9.97 Å². The first kappa shape index (κ1) is 15.2. The van der Waals surface area contributed by atoms with E-state index < -0.39 is 5.60 Å². The number of nitrogens with zero attached hydrogens (tertiary/aromatic N) is 4. The molecule has 6 nitrogen and oxygen atoms in total. The summed E-state index contributed by atoms with van der Waals surface area (Å²) in [4.78, 5) is 23.5. The smallest absolute Gasteiger partial charge is 0.410 e. The van der Waals surface area contributed by atoms with Crippen LogP contribution in [0.25, 0.3) is 0 Å². The first-order valence-corrected chi connectivity index (χ1v) is 6.22. The zero-order valence-electron chi connectivity index (χ0n) is 12.3. The van der Waals surface area contributed by atoms with Crippen LogP contribution in [-0.2, 0) is 4.74 Å². The maximum absolute atomic E-state index is 11.8. The van der Waals surface area contributed by atoms with Gasteiger partial charge in [-0.05, 0) is 26.8 Å². The minimum absolute atomic E-state index is 0.324. The number of anilines is 1. The van der Waals surface area contributed by atoms with Crippen LogP contribution < -0.4 is 4.90 Å². The van der Waals surface area contributed by atoms with Gasteiger partial charge in [-0.3, -0.25) is 0 Å². The molecule has 1 heterocycles. The molecule has 0 aromatic carbocycles. The van der Waals surface area contributed by atoms with Crippen LogP contribution >= 0.6 is 0 Å². The average Bonchev–Trinajstić information content (AvgIpc) is 2.34. The molecule has 19 heavy (non-hydrogen) atoms. The number of carbonyl (C=O) groups excluding carboxylic acids is 1. The summed E-state index contributed by atoms with van der Waals surface area (Å²) in [6.45, 7) is 6.73. The summed E-state index contributed by atoms with van der Waals surface area (Å²) >= 11 is 0. The topological polar surface area (TPSA) is 58.6 Å². The minimum atomic E-state index is -0.472. The summed E-state index contributed by atoms with van der Waals surface area (Å²) in [7, 11) is 3.60. The molecule has 0 radical (unpaired) electrons. The lowest BCUT2D eigenvalue weighted by atomic mass is 10.2. The van der Waals surface area contributed by atoms with Gasteiger partial charge in [0.05, 0.1) is 0 Å². The van der Waals surface area contributed by atoms with Gasteiger partial charge in [-0.25, -0.2) is 14.8 Å². The number of amides is 1. The number of rotatable bonds is 4. The van der Waals surface area contributed by atoms with E-state index in [-0.39, 0.29) is 6.09 Å². The predicted octanol–water partition coefficient (Wildman–Crippen LogP) is 1.78. The fourth-order valence-electron chi connectivity index (χ4n) is 1.32. The molecule has 1 aromatic heterocycles. The molecule has 0 aliphatic heterocycles.